The monoisotopic (exact) mass is 431 g/mol. The van der Waals surface area contributed by atoms with Crippen LogP contribution in [-0.4, -0.2) is 19.8 Å². The van der Waals surface area contributed by atoms with Crippen LogP contribution in [0.2, 0.25) is 0 Å². The standard InChI is InChI=1S/C15H15Br2NO2S/c1-2-18-14(10-8-13(16)21-15(10)17)9-3-4-11-12(7-9)20-6-5-19-11/h3-4,7-8,14,18H,2,5-6H2,1H3. The molecular formula is C15H15Br2NO2S. The molecule has 1 aliphatic rings. The average Bonchev–Trinajstić information content (AvgIpc) is 2.83. The molecular weight excluding hydrogens is 418 g/mol. The number of ether oxygens (including phenoxy) is 2. The van der Waals surface area contributed by atoms with E-state index in [0.717, 1.165) is 25.6 Å². The topological polar surface area (TPSA) is 30.5 Å². The predicted octanol–water partition coefficient (Wildman–Crippen LogP) is 4.74. The van der Waals surface area contributed by atoms with Crippen molar-refractivity contribution in [2.45, 2.75) is 13.0 Å². The van der Waals surface area contributed by atoms with Crippen LogP contribution in [0.4, 0.5) is 0 Å². The van der Waals surface area contributed by atoms with Crippen LogP contribution in [0.1, 0.15) is 24.1 Å². The first-order valence-corrected chi connectivity index (χ1v) is 9.17. The van der Waals surface area contributed by atoms with Gasteiger partial charge in [0.05, 0.1) is 13.6 Å². The largest absolute Gasteiger partial charge is 0.486 e. The molecule has 1 N–H and O–H groups in total. The van der Waals surface area contributed by atoms with E-state index in [-0.39, 0.29) is 6.04 Å². The Morgan fingerprint density at radius 2 is 1.95 bits per heavy atom. The molecule has 1 aromatic carbocycles. The minimum atomic E-state index is 0.128. The fourth-order valence-corrected chi connectivity index (χ4v) is 5.30. The number of benzene rings is 1. The number of hydrogen-bond acceptors (Lipinski definition) is 4. The van der Waals surface area contributed by atoms with E-state index in [1.807, 2.05) is 6.07 Å². The molecule has 2 heterocycles. The second-order valence-corrected chi connectivity index (χ2v) is 8.42. The van der Waals surface area contributed by atoms with Crippen LogP contribution in [0.5, 0.6) is 11.5 Å². The molecule has 0 fully saturated rings. The van der Waals surface area contributed by atoms with Crippen molar-refractivity contribution < 1.29 is 9.47 Å². The van der Waals surface area contributed by atoms with Gasteiger partial charge in [0.1, 0.15) is 13.2 Å². The average molecular weight is 433 g/mol. The number of hydrogen-bond donors (Lipinski definition) is 1. The zero-order chi connectivity index (χ0) is 14.8. The van der Waals surface area contributed by atoms with Crippen LogP contribution in [0, 0.1) is 0 Å². The minimum Gasteiger partial charge on any atom is -0.486 e. The maximum absolute atomic E-state index is 5.69. The first kappa shape index (κ1) is 15.3. The Bertz CT molecular complexity index is 645. The van der Waals surface area contributed by atoms with Crippen molar-refractivity contribution in [3.05, 3.63) is 43.0 Å². The van der Waals surface area contributed by atoms with Crippen LogP contribution < -0.4 is 14.8 Å². The number of halogens is 2. The Morgan fingerprint density at radius 1 is 1.19 bits per heavy atom. The van der Waals surface area contributed by atoms with Crippen LogP contribution in [-0.2, 0) is 0 Å². The summed E-state index contributed by atoms with van der Waals surface area (Å²) in [6.07, 6.45) is 0. The summed E-state index contributed by atoms with van der Waals surface area (Å²) in [6.45, 7) is 4.22. The van der Waals surface area contributed by atoms with Crippen LogP contribution >= 0.6 is 43.2 Å². The molecule has 21 heavy (non-hydrogen) atoms. The third kappa shape index (κ3) is 3.28. The fourth-order valence-electron chi connectivity index (χ4n) is 2.40. The number of fused-ring (bicyclic) bond motifs is 1. The lowest BCUT2D eigenvalue weighted by Gasteiger charge is -2.22. The molecule has 0 amide bonds. The van der Waals surface area contributed by atoms with E-state index in [9.17, 15) is 0 Å². The number of rotatable bonds is 4. The Hall–Kier alpha value is -0.560. The second kappa shape index (κ2) is 6.69. The Kier molecular flexibility index (Phi) is 4.88. The van der Waals surface area contributed by atoms with Gasteiger partial charge >= 0.3 is 0 Å². The molecule has 3 rings (SSSR count). The minimum absolute atomic E-state index is 0.128. The lowest BCUT2D eigenvalue weighted by Crippen LogP contribution is -2.22. The van der Waals surface area contributed by atoms with E-state index < -0.39 is 0 Å². The zero-order valence-electron chi connectivity index (χ0n) is 11.5. The van der Waals surface area contributed by atoms with Crippen LogP contribution in [0.25, 0.3) is 0 Å². The van der Waals surface area contributed by atoms with Gasteiger partial charge in [-0.2, -0.15) is 0 Å². The summed E-state index contributed by atoms with van der Waals surface area (Å²) in [5, 5.41) is 3.54. The molecule has 112 valence electrons. The molecule has 1 aromatic heterocycles. The van der Waals surface area contributed by atoms with Crippen molar-refractivity contribution >= 4 is 43.2 Å². The van der Waals surface area contributed by atoms with Crippen molar-refractivity contribution in [1.29, 1.82) is 0 Å². The SMILES string of the molecule is CCNC(c1ccc2c(c1)OCCO2)c1cc(Br)sc1Br. The molecule has 6 heteroatoms. The lowest BCUT2D eigenvalue weighted by molar-refractivity contribution is 0.171. The van der Waals surface area contributed by atoms with Crippen molar-refractivity contribution in [2.24, 2.45) is 0 Å². The van der Waals surface area contributed by atoms with E-state index in [1.54, 1.807) is 11.3 Å². The Balaban J connectivity index is 1.99. The van der Waals surface area contributed by atoms with Crippen molar-refractivity contribution in [3.63, 3.8) is 0 Å². The van der Waals surface area contributed by atoms with Crippen molar-refractivity contribution in [3.8, 4) is 11.5 Å². The summed E-state index contributed by atoms with van der Waals surface area (Å²) >= 11 is 8.89. The van der Waals surface area contributed by atoms with Gasteiger partial charge in [-0.3, -0.25) is 0 Å². The maximum atomic E-state index is 5.69. The van der Waals surface area contributed by atoms with Crippen molar-refractivity contribution in [2.75, 3.05) is 19.8 Å². The third-order valence-corrected chi connectivity index (χ3v) is 5.69. The van der Waals surface area contributed by atoms with Gasteiger partial charge in [0.25, 0.3) is 0 Å². The second-order valence-electron chi connectivity index (χ2n) is 4.67. The van der Waals surface area contributed by atoms with Crippen LogP contribution in [0.15, 0.2) is 31.8 Å². The predicted molar refractivity (Wildman–Crippen MR) is 92.7 cm³/mol. The summed E-state index contributed by atoms with van der Waals surface area (Å²) in [6, 6.07) is 8.43. The molecule has 3 nitrogen and oxygen atoms in total. The van der Waals surface area contributed by atoms with Gasteiger partial charge in [0.15, 0.2) is 11.5 Å². The third-order valence-electron chi connectivity index (χ3n) is 3.30. The summed E-state index contributed by atoms with van der Waals surface area (Å²) in [5.41, 5.74) is 2.40. The first-order valence-electron chi connectivity index (χ1n) is 6.76. The van der Waals surface area contributed by atoms with Crippen LogP contribution in [0.3, 0.4) is 0 Å². The molecule has 0 saturated heterocycles. The molecule has 1 unspecified atom stereocenters. The molecule has 0 spiro atoms. The zero-order valence-corrected chi connectivity index (χ0v) is 15.5. The van der Waals surface area contributed by atoms with E-state index >= 15 is 0 Å². The van der Waals surface area contributed by atoms with E-state index in [4.69, 9.17) is 9.47 Å². The molecule has 0 radical (unpaired) electrons. The normalized spacial score (nSPS) is 15.0. The van der Waals surface area contributed by atoms with Gasteiger partial charge in [0, 0.05) is 0 Å². The Morgan fingerprint density at radius 3 is 2.62 bits per heavy atom. The van der Waals surface area contributed by atoms with Gasteiger partial charge in [-0.05, 0) is 67.7 Å². The van der Waals surface area contributed by atoms with E-state index in [0.29, 0.717) is 13.2 Å². The summed E-state index contributed by atoms with van der Waals surface area (Å²) in [5.74, 6) is 1.65. The lowest BCUT2D eigenvalue weighted by atomic mass is 10.0. The highest BCUT2D eigenvalue weighted by atomic mass is 79.9. The number of nitrogens with one attached hydrogen (secondary N) is 1. The number of thiophene rings is 1. The molecule has 0 saturated carbocycles. The molecule has 1 aliphatic heterocycles. The van der Waals surface area contributed by atoms with Crippen molar-refractivity contribution in [1.82, 2.24) is 5.32 Å². The van der Waals surface area contributed by atoms with Gasteiger partial charge < -0.3 is 14.8 Å². The van der Waals surface area contributed by atoms with Gasteiger partial charge in [-0.25, -0.2) is 0 Å². The fraction of sp³-hybridized carbons (Fsp3) is 0.333. The summed E-state index contributed by atoms with van der Waals surface area (Å²) in [4.78, 5) is 0. The van der Waals surface area contributed by atoms with E-state index in [2.05, 4.69) is 62.3 Å². The highest BCUT2D eigenvalue weighted by Gasteiger charge is 2.21. The quantitative estimate of drug-likeness (QED) is 0.756. The van der Waals surface area contributed by atoms with Gasteiger partial charge in [-0.1, -0.05) is 13.0 Å². The maximum Gasteiger partial charge on any atom is 0.161 e. The van der Waals surface area contributed by atoms with Gasteiger partial charge in [-0.15, -0.1) is 11.3 Å². The summed E-state index contributed by atoms with van der Waals surface area (Å²) in [7, 11) is 0. The van der Waals surface area contributed by atoms with Gasteiger partial charge in [0.2, 0.25) is 0 Å². The summed E-state index contributed by atoms with van der Waals surface area (Å²) < 4.78 is 13.5. The first-order chi connectivity index (χ1) is 10.2. The molecule has 2 aromatic rings. The Labute approximate surface area is 144 Å². The highest BCUT2D eigenvalue weighted by molar-refractivity contribution is 9.12. The smallest absolute Gasteiger partial charge is 0.161 e. The van der Waals surface area contributed by atoms with E-state index in [1.165, 1.54) is 11.1 Å². The molecule has 1 atom stereocenters. The molecule has 0 aliphatic carbocycles. The molecule has 0 bridgehead atoms. The highest BCUT2D eigenvalue weighted by Crippen LogP contribution is 2.40.